The zero-order valence-corrected chi connectivity index (χ0v) is 19.6. The van der Waals surface area contributed by atoms with Gasteiger partial charge in [-0.15, -0.1) is 0 Å². The Morgan fingerprint density at radius 2 is 1.27 bits per heavy atom. The Balaban J connectivity index is 1.70. The van der Waals surface area contributed by atoms with E-state index in [0.29, 0.717) is 0 Å². The first-order valence-corrected chi connectivity index (χ1v) is 11.6. The second-order valence-corrected chi connectivity index (χ2v) is 9.88. The number of fused-ring (bicyclic) bond motifs is 4. The molecule has 0 amide bonds. The summed E-state index contributed by atoms with van der Waals surface area (Å²) in [5, 5.41) is 1.21. The lowest BCUT2D eigenvalue weighted by molar-refractivity contribution is 0.661. The van der Waals surface area contributed by atoms with Gasteiger partial charge in [0.2, 0.25) is 0 Å². The second kappa shape index (κ2) is 7.15. The highest BCUT2D eigenvalue weighted by atomic mass is 14.7. The SMILES string of the molecule is Cc1cccc(-c2cc(-c3cccc(C)c3)c3cc4c(cc3n2)C(C)(C)c2ccccc2-4)c1. The van der Waals surface area contributed by atoms with E-state index in [1.165, 1.54) is 49.9 Å². The third kappa shape index (κ3) is 3.11. The maximum Gasteiger partial charge on any atom is 0.0719 e. The van der Waals surface area contributed by atoms with Crippen molar-refractivity contribution < 1.29 is 0 Å². The smallest absolute Gasteiger partial charge is 0.0719 e. The first-order valence-electron chi connectivity index (χ1n) is 11.6. The van der Waals surface area contributed by atoms with Gasteiger partial charge in [0.15, 0.2) is 0 Å². The van der Waals surface area contributed by atoms with Crippen LogP contribution in [-0.2, 0) is 5.41 Å². The molecular weight excluding hydrogens is 398 g/mol. The van der Waals surface area contributed by atoms with Crippen LogP contribution >= 0.6 is 0 Å². The van der Waals surface area contributed by atoms with E-state index in [9.17, 15) is 0 Å². The molecule has 0 radical (unpaired) electrons. The number of benzene rings is 4. The molecule has 0 saturated carbocycles. The zero-order valence-electron chi connectivity index (χ0n) is 19.6. The average molecular weight is 426 g/mol. The fourth-order valence-corrected chi connectivity index (χ4v) is 5.42. The normalized spacial score (nSPS) is 13.7. The molecule has 1 heteroatoms. The molecule has 5 aromatic rings. The molecule has 0 spiro atoms. The van der Waals surface area contributed by atoms with Gasteiger partial charge in [-0.1, -0.05) is 91.7 Å². The summed E-state index contributed by atoms with van der Waals surface area (Å²) in [6.45, 7) is 8.95. The van der Waals surface area contributed by atoms with Crippen molar-refractivity contribution in [3.63, 3.8) is 0 Å². The van der Waals surface area contributed by atoms with Crippen molar-refractivity contribution in [1.82, 2.24) is 4.98 Å². The van der Waals surface area contributed by atoms with Crippen molar-refractivity contribution in [2.75, 3.05) is 0 Å². The van der Waals surface area contributed by atoms with E-state index in [0.717, 1.165) is 16.8 Å². The fourth-order valence-electron chi connectivity index (χ4n) is 5.42. The number of aromatic nitrogens is 1. The van der Waals surface area contributed by atoms with Crippen LogP contribution in [0.25, 0.3) is 44.4 Å². The third-order valence-electron chi connectivity index (χ3n) is 7.15. The Morgan fingerprint density at radius 3 is 2.03 bits per heavy atom. The molecule has 0 bridgehead atoms. The molecule has 1 nitrogen and oxygen atoms in total. The predicted molar refractivity (Wildman–Crippen MR) is 140 cm³/mol. The molecule has 160 valence electrons. The highest BCUT2D eigenvalue weighted by Crippen LogP contribution is 2.50. The average Bonchev–Trinajstić information content (AvgIpc) is 3.04. The van der Waals surface area contributed by atoms with Crippen molar-refractivity contribution in [2.45, 2.75) is 33.1 Å². The van der Waals surface area contributed by atoms with E-state index < -0.39 is 0 Å². The first kappa shape index (κ1) is 19.9. The number of aryl methyl sites for hydroxylation is 2. The van der Waals surface area contributed by atoms with Crippen molar-refractivity contribution in [3.05, 3.63) is 113 Å². The zero-order chi connectivity index (χ0) is 22.7. The Bertz CT molecular complexity index is 1550. The summed E-state index contributed by atoms with van der Waals surface area (Å²) >= 11 is 0. The number of hydrogen-bond acceptors (Lipinski definition) is 1. The number of hydrogen-bond donors (Lipinski definition) is 0. The highest BCUT2D eigenvalue weighted by Gasteiger charge is 2.35. The van der Waals surface area contributed by atoms with Crippen molar-refractivity contribution in [2.24, 2.45) is 0 Å². The van der Waals surface area contributed by atoms with E-state index in [4.69, 9.17) is 4.98 Å². The summed E-state index contributed by atoms with van der Waals surface area (Å²) in [6.07, 6.45) is 0. The minimum atomic E-state index is -0.0371. The summed E-state index contributed by atoms with van der Waals surface area (Å²) in [6, 6.07) is 33.2. The van der Waals surface area contributed by atoms with E-state index >= 15 is 0 Å². The van der Waals surface area contributed by atoms with Crippen molar-refractivity contribution >= 4 is 10.9 Å². The van der Waals surface area contributed by atoms with Gasteiger partial charge in [0, 0.05) is 16.4 Å². The van der Waals surface area contributed by atoms with Gasteiger partial charge in [0.25, 0.3) is 0 Å². The molecule has 33 heavy (non-hydrogen) atoms. The second-order valence-electron chi connectivity index (χ2n) is 9.88. The van der Waals surface area contributed by atoms with Crippen LogP contribution < -0.4 is 0 Å². The van der Waals surface area contributed by atoms with Crippen molar-refractivity contribution in [3.8, 4) is 33.5 Å². The van der Waals surface area contributed by atoms with Crippen LogP contribution in [0.5, 0.6) is 0 Å². The largest absolute Gasteiger partial charge is 0.248 e. The minimum Gasteiger partial charge on any atom is -0.248 e. The number of rotatable bonds is 2. The maximum absolute atomic E-state index is 5.20. The predicted octanol–water partition coefficient (Wildman–Crippen LogP) is 8.49. The Kier molecular flexibility index (Phi) is 4.32. The Labute approximate surface area is 195 Å². The minimum absolute atomic E-state index is 0.0371. The van der Waals surface area contributed by atoms with Crippen molar-refractivity contribution in [1.29, 1.82) is 0 Å². The van der Waals surface area contributed by atoms with Gasteiger partial charge in [0.05, 0.1) is 11.2 Å². The van der Waals surface area contributed by atoms with E-state index in [-0.39, 0.29) is 5.41 Å². The summed E-state index contributed by atoms with van der Waals surface area (Å²) in [5.41, 5.74) is 13.6. The monoisotopic (exact) mass is 425 g/mol. The Morgan fingerprint density at radius 1 is 0.576 bits per heavy atom. The molecule has 0 fully saturated rings. The third-order valence-corrected chi connectivity index (χ3v) is 7.15. The quantitative estimate of drug-likeness (QED) is 0.276. The van der Waals surface area contributed by atoms with Crippen LogP contribution in [0.2, 0.25) is 0 Å². The van der Waals surface area contributed by atoms with Gasteiger partial charge in [-0.2, -0.15) is 0 Å². The summed E-state index contributed by atoms with van der Waals surface area (Å²) in [5.74, 6) is 0. The highest BCUT2D eigenvalue weighted by molar-refractivity contribution is 6.01. The van der Waals surface area contributed by atoms with Gasteiger partial charge >= 0.3 is 0 Å². The van der Waals surface area contributed by atoms with Gasteiger partial charge in [0.1, 0.15) is 0 Å². The molecule has 0 N–H and O–H groups in total. The molecule has 0 atom stereocenters. The summed E-state index contributed by atoms with van der Waals surface area (Å²) in [7, 11) is 0. The van der Waals surface area contributed by atoms with Crippen LogP contribution in [0.1, 0.15) is 36.1 Å². The van der Waals surface area contributed by atoms with Gasteiger partial charge < -0.3 is 0 Å². The van der Waals surface area contributed by atoms with Crippen LogP contribution in [0.3, 0.4) is 0 Å². The van der Waals surface area contributed by atoms with E-state index in [1.54, 1.807) is 0 Å². The van der Waals surface area contributed by atoms with E-state index in [2.05, 4.69) is 119 Å². The lowest BCUT2D eigenvalue weighted by Gasteiger charge is -2.22. The van der Waals surface area contributed by atoms with E-state index in [1.807, 2.05) is 0 Å². The van der Waals surface area contributed by atoms with Gasteiger partial charge in [-0.3, -0.25) is 0 Å². The Hall–Kier alpha value is -3.71. The lowest BCUT2D eigenvalue weighted by atomic mass is 9.82. The van der Waals surface area contributed by atoms with Gasteiger partial charge in [-0.25, -0.2) is 4.98 Å². The molecule has 0 saturated heterocycles. The number of pyridine rings is 1. The molecule has 4 aromatic carbocycles. The summed E-state index contributed by atoms with van der Waals surface area (Å²) < 4.78 is 0. The number of nitrogens with zero attached hydrogens (tertiary/aromatic N) is 1. The maximum atomic E-state index is 5.20. The molecule has 1 aromatic heterocycles. The van der Waals surface area contributed by atoms with Crippen LogP contribution in [-0.4, -0.2) is 4.98 Å². The molecular formula is C32H27N. The van der Waals surface area contributed by atoms with Gasteiger partial charge in [-0.05, 0) is 71.5 Å². The first-order chi connectivity index (χ1) is 15.9. The standard InChI is InChI=1S/C32H27N/c1-20-9-7-11-22(15-20)25-18-30(23-12-8-10-21(2)16-23)33-31-19-29-26(17-27(25)31)24-13-5-6-14-28(24)32(29,3)4/h5-19H,1-4H3. The molecule has 1 heterocycles. The molecule has 1 aliphatic rings. The van der Waals surface area contributed by atoms with Crippen LogP contribution in [0.4, 0.5) is 0 Å². The molecule has 1 aliphatic carbocycles. The van der Waals surface area contributed by atoms with Crippen LogP contribution in [0.15, 0.2) is 91.0 Å². The topological polar surface area (TPSA) is 12.9 Å². The molecule has 6 rings (SSSR count). The summed E-state index contributed by atoms with van der Waals surface area (Å²) in [4.78, 5) is 5.20. The fraction of sp³-hybridized carbons (Fsp3) is 0.156. The lowest BCUT2D eigenvalue weighted by Crippen LogP contribution is -2.14. The molecule has 0 unspecified atom stereocenters. The van der Waals surface area contributed by atoms with Crippen LogP contribution in [0, 0.1) is 13.8 Å². The molecule has 0 aliphatic heterocycles.